The van der Waals surface area contributed by atoms with E-state index in [2.05, 4.69) is 39.8 Å². The van der Waals surface area contributed by atoms with Crippen molar-refractivity contribution in [3.05, 3.63) is 105 Å². The number of halogens is 1. The van der Waals surface area contributed by atoms with E-state index in [-0.39, 0.29) is 18.0 Å². The van der Waals surface area contributed by atoms with Gasteiger partial charge in [-0.3, -0.25) is 9.59 Å². The van der Waals surface area contributed by atoms with E-state index in [4.69, 9.17) is 5.11 Å². The number of carboxylic acids is 1. The minimum Gasteiger partial charge on any atom is -0.481 e. The van der Waals surface area contributed by atoms with Crippen LogP contribution in [0.5, 0.6) is 0 Å². The SMILES string of the molecule is CC(C)(C)O.CCC(=O)c1cccc(F)c1.CCc1c(C)c(CC(=O)O)c(Cc2ccccc2)c(C)c1CC. The van der Waals surface area contributed by atoms with Gasteiger partial charge in [-0.05, 0) is 105 Å². The van der Waals surface area contributed by atoms with E-state index in [9.17, 15) is 19.1 Å². The van der Waals surface area contributed by atoms with Crippen molar-refractivity contribution in [3.63, 3.8) is 0 Å². The molecule has 0 aromatic heterocycles. The molecule has 0 radical (unpaired) electrons. The van der Waals surface area contributed by atoms with E-state index in [1.54, 1.807) is 33.8 Å². The van der Waals surface area contributed by atoms with Crippen molar-refractivity contribution < 1.29 is 24.2 Å². The molecule has 5 heteroatoms. The fourth-order valence-electron chi connectivity index (χ4n) is 4.52. The maximum atomic E-state index is 12.5. The highest BCUT2D eigenvalue weighted by atomic mass is 19.1. The van der Waals surface area contributed by atoms with Crippen LogP contribution >= 0.6 is 0 Å². The molecular weight excluding hydrogens is 491 g/mol. The van der Waals surface area contributed by atoms with Gasteiger partial charge in [-0.25, -0.2) is 4.39 Å². The molecule has 212 valence electrons. The lowest BCUT2D eigenvalue weighted by atomic mass is 9.82. The number of carboxylic acid groups (broad SMARTS) is 1. The fraction of sp³-hybridized carbons (Fsp3) is 0.412. The van der Waals surface area contributed by atoms with Gasteiger partial charge in [0.2, 0.25) is 0 Å². The highest BCUT2D eigenvalue weighted by Crippen LogP contribution is 2.31. The third-order valence-corrected chi connectivity index (χ3v) is 6.27. The summed E-state index contributed by atoms with van der Waals surface area (Å²) in [5.41, 5.74) is 8.56. The Kier molecular flexibility index (Phi) is 13.8. The van der Waals surface area contributed by atoms with Crippen molar-refractivity contribution in [2.24, 2.45) is 0 Å². The van der Waals surface area contributed by atoms with Crippen LogP contribution in [0.3, 0.4) is 0 Å². The normalized spacial score (nSPS) is 10.6. The Morgan fingerprint density at radius 2 is 1.31 bits per heavy atom. The molecule has 0 amide bonds. The van der Waals surface area contributed by atoms with Gasteiger partial charge in [0.15, 0.2) is 5.78 Å². The maximum Gasteiger partial charge on any atom is 0.307 e. The number of aliphatic carboxylic acids is 1. The van der Waals surface area contributed by atoms with Crippen molar-refractivity contribution in [2.45, 2.75) is 93.1 Å². The average molecular weight is 537 g/mol. The molecule has 0 unspecified atom stereocenters. The predicted octanol–water partition coefficient (Wildman–Crippen LogP) is 7.84. The first-order valence-corrected chi connectivity index (χ1v) is 13.6. The Balaban J connectivity index is 0.000000392. The smallest absolute Gasteiger partial charge is 0.307 e. The van der Waals surface area contributed by atoms with Crippen molar-refractivity contribution in [1.82, 2.24) is 0 Å². The minimum absolute atomic E-state index is 0.0236. The van der Waals surface area contributed by atoms with E-state index in [0.29, 0.717) is 12.0 Å². The Morgan fingerprint density at radius 3 is 1.74 bits per heavy atom. The second-order valence-electron chi connectivity index (χ2n) is 10.6. The molecule has 0 aliphatic carbocycles. The molecule has 4 nitrogen and oxygen atoms in total. The van der Waals surface area contributed by atoms with Gasteiger partial charge in [0.25, 0.3) is 0 Å². The van der Waals surface area contributed by atoms with Gasteiger partial charge in [-0.2, -0.15) is 0 Å². The number of carbonyl (C=O) groups is 2. The van der Waals surface area contributed by atoms with Gasteiger partial charge >= 0.3 is 5.97 Å². The van der Waals surface area contributed by atoms with Crippen LogP contribution in [0.2, 0.25) is 0 Å². The third-order valence-electron chi connectivity index (χ3n) is 6.27. The monoisotopic (exact) mass is 536 g/mol. The highest BCUT2D eigenvalue weighted by molar-refractivity contribution is 5.95. The largest absolute Gasteiger partial charge is 0.481 e. The molecule has 0 saturated carbocycles. The Bertz CT molecular complexity index is 1220. The zero-order valence-corrected chi connectivity index (χ0v) is 24.8. The fourth-order valence-corrected chi connectivity index (χ4v) is 4.52. The Hall–Kier alpha value is -3.31. The first kappa shape index (κ1) is 33.7. The first-order valence-electron chi connectivity index (χ1n) is 13.6. The lowest BCUT2D eigenvalue weighted by Gasteiger charge is -2.22. The van der Waals surface area contributed by atoms with Crippen LogP contribution in [0.25, 0.3) is 0 Å². The molecule has 3 aromatic carbocycles. The molecule has 0 aliphatic rings. The molecule has 0 fully saturated rings. The summed E-state index contributed by atoms with van der Waals surface area (Å²) in [7, 11) is 0. The van der Waals surface area contributed by atoms with E-state index < -0.39 is 11.6 Å². The lowest BCUT2D eigenvalue weighted by Crippen LogP contribution is -2.13. The summed E-state index contributed by atoms with van der Waals surface area (Å²) < 4.78 is 12.5. The summed E-state index contributed by atoms with van der Waals surface area (Å²) in [6.45, 7) is 15.6. The summed E-state index contributed by atoms with van der Waals surface area (Å²) in [4.78, 5) is 22.4. The van der Waals surface area contributed by atoms with Gasteiger partial charge in [0.1, 0.15) is 5.82 Å². The van der Waals surface area contributed by atoms with Gasteiger partial charge in [-0.15, -0.1) is 0 Å². The van der Waals surface area contributed by atoms with Crippen LogP contribution in [-0.2, 0) is 30.5 Å². The summed E-state index contributed by atoms with van der Waals surface area (Å²) in [6.07, 6.45) is 3.27. The van der Waals surface area contributed by atoms with Gasteiger partial charge < -0.3 is 10.2 Å². The van der Waals surface area contributed by atoms with Crippen LogP contribution < -0.4 is 0 Å². The standard InChI is InChI=1S/C21H26O2.C9H9FO.C4H10O/c1-5-17-14(3)19(12-16-10-8-7-9-11-16)20(13-21(22)23)15(4)18(17)6-2;1-2-9(11)7-4-3-5-8(10)6-7;1-4(2,3)5/h7-11H,5-6,12-13H2,1-4H3,(H,22,23);3-6H,2H2,1H3;5H,1-3H3. The average Bonchev–Trinajstić information content (AvgIpc) is 2.87. The van der Waals surface area contributed by atoms with Crippen LogP contribution in [-0.4, -0.2) is 27.6 Å². The van der Waals surface area contributed by atoms with E-state index in [1.165, 1.54) is 51.6 Å². The number of benzene rings is 3. The zero-order chi connectivity index (χ0) is 29.8. The minimum atomic E-state index is -0.756. The predicted molar refractivity (Wildman–Crippen MR) is 158 cm³/mol. The number of aliphatic hydroxyl groups is 1. The molecule has 0 saturated heterocycles. The second-order valence-corrected chi connectivity index (χ2v) is 10.6. The van der Waals surface area contributed by atoms with E-state index in [1.807, 2.05) is 18.2 Å². The van der Waals surface area contributed by atoms with Crippen LogP contribution in [0.1, 0.15) is 97.3 Å². The number of rotatable bonds is 8. The summed E-state index contributed by atoms with van der Waals surface area (Å²) in [5.74, 6) is -1.14. The number of Topliss-reactive ketones (excluding diaryl/α,β-unsaturated/α-hetero) is 1. The zero-order valence-electron chi connectivity index (χ0n) is 24.8. The van der Waals surface area contributed by atoms with Crippen LogP contribution in [0.4, 0.5) is 4.39 Å². The van der Waals surface area contributed by atoms with Crippen molar-refractivity contribution in [2.75, 3.05) is 0 Å². The molecule has 0 spiro atoms. The number of ketones is 1. The van der Waals surface area contributed by atoms with Gasteiger partial charge in [-0.1, -0.05) is 63.2 Å². The topological polar surface area (TPSA) is 74.6 Å². The van der Waals surface area contributed by atoms with Crippen molar-refractivity contribution in [3.8, 4) is 0 Å². The second kappa shape index (κ2) is 15.9. The Morgan fingerprint density at radius 1 is 0.795 bits per heavy atom. The number of hydrogen-bond donors (Lipinski definition) is 2. The first-order chi connectivity index (χ1) is 18.2. The molecule has 0 aliphatic heterocycles. The Labute approximate surface area is 233 Å². The highest BCUT2D eigenvalue weighted by Gasteiger charge is 2.19. The summed E-state index contributed by atoms with van der Waals surface area (Å²) in [5, 5.41) is 17.9. The molecule has 0 bridgehead atoms. The van der Waals surface area contributed by atoms with Crippen LogP contribution in [0.15, 0.2) is 54.6 Å². The van der Waals surface area contributed by atoms with Crippen molar-refractivity contribution >= 4 is 11.8 Å². The summed E-state index contributed by atoms with van der Waals surface area (Å²) in [6, 6.07) is 16.0. The lowest BCUT2D eigenvalue weighted by molar-refractivity contribution is -0.136. The molecular formula is C34H45FO4. The molecule has 3 aromatic rings. The molecule has 0 atom stereocenters. The summed E-state index contributed by atoms with van der Waals surface area (Å²) >= 11 is 0. The van der Waals surface area contributed by atoms with Crippen molar-refractivity contribution in [1.29, 1.82) is 0 Å². The number of hydrogen-bond acceptors (Lipinski definition) is 3. The quantitative estimate of drug-likeness (QED) is 0.288. The van der Waals surface area contributed by atoms with Gasteiger partial charge in [0, 0.05) is 12.0 Å². The van der Waals surface area contributed by atoms with Crippen LogP contribution in [0, 0.1) is 19.7 Å². The third kappa shape index (κ3) is 11.5. The molecule has 3 rings (SSSR count). The number of carbonyl (C=O) groups excluding carboxylic acids is 1. The molecule has 39 heavy (non-hydrogen) atoms. The maximum absolute atomic E-state index is 12.5. The van der Waals surface area contributed by atoms with E-state index in [0.717, 1.165) is 24.8 Å². The van der Waals surface area contributed by atoms with E-state index >= 15 is 0 Å². The molecule has 0 heterocycles. The van der Waals surface area contributed by atoms with Gasteiger partial charge in [0.05, 0.1) is 12.0 Å². The molecule has 2 N–H and O–H groups in total.